The molecule has 0 radical (unpaired) electrons. The van der Waals surface area contributed by atoms with Crippen molar-refractivity contribution in [3.8, 4) is 23.0 Å². The Kier molecular flexibility index (Phi) is 7.41. The number of carbonyl (C=O) groups is 1. The van der Waals surface area contributed by atoms with E-state index in [-0.39, 0.29) is 18.4 Å². The van der Waals surface area contributed by atoms with Crippen molar-refractivity contribution in [1.82, 2.24) is 0 Å². The van der Waals surface area contributed by atoms with Crippen LogP contribution in [0.3, 0.4) is 0 Å². The third-order valence-corrected chi connectivity index (χ3v) is 6.58. The minimum atomic E-state index is -0.420. The zero-order valence-corrected chi connectivity index (χ0v) is 21.4. The fourth-order valence-corrected chi connectivity index (χ4v) is 4.47. The van der Waals surface area contributed by atoms with E-state index in [1.54, 1.807) is 32.3 Å². The molecule has 0 aliphatic carbocycles. The average Bonchev–Trinajstić information content (AvgIpc) is 2.88. The number of ether oxygens (including phenoxy) is 4. The standard InChI is InChI=1S/C28H30ClNO5/c1-6-17(2)35-26-16-22-19(13-25(26)34-5)14-27(31)30(28(22)18-7-9-20(29)10-8-18)23-12-11-21(32-3)15-24(23)33-4/h7-13,15-17,28H,6,14H2,1-5H3/t17-,28?/m1/s1. The largest absolute Gasteiger partial charge is 0.497 e. The summed E-state index contributed by atoms with van der Waals surface area (Å²) in [5, 5.41) is 0.625. The van der Waals surface area contributed by atoms with E-state index in [4.69, 9.17) is 30.5 Å². The fraction of sp³-hybridized carbons (Fsp3) is 0.321. The van der Waals surface area contributed by atoms with E-state index in [1.165, 1.54) is 0 Å². The third kappa shape index (κ3) is 4.89. The normalized spacial score (nSPS) is 15.9. The summed E-state index contributed by atoms with van der Waals surface area (Å²) in [5.74, 6) is 2.40. The number of hydrogen-bond donors (Lipinski definition) is 0. The number of carbonyl (C=O) groups excluding carboxylic acids is 1. The van der Waals surface area contributed by atoms with E-state index in [0.717, 1.165) is 23.1 Å². The molecule has 0 N–H and O–H groups in total. The Bertz CT molecular complexity index is 1210. The Balaban J connectivity index is 1.94. The van der Waals surface area contributed by atoms with Crippen LogP contribution < -0.4 is 23.8 Å². The monoisotopic (exact) mass is 495 g/mol. The van der Waals surface area contributed by atoms with Crippen LogP contribution in [0.4, 0.5) is 5.69 Å². The minimum Gasteiger partial charge on any atom is -0.497 e. The lowest BCUT2D eigenvalue weighted by Crippen LogP contribution is -2.41. The molecule has 0 saturated heterocycles. The molecule has 0 fully saturated rings. The van der Waals surface area contributed by atoms with Crippen LogP contribution >= 0.6 is 11.6 Å². The van der Waals surface area contributed by atoms with Crippen molar-refractivity contribution in [1.29, 1.82) is 0 Å². The summed E-state index contributed by atoms with van der Waals surface area (Å²) in [6.45, 7) is 4.09. The van der Waals surface area contributed by atoms with Crippen LogP contribution in [0.15, 0.2) is 54.6 Å². The van der Waals surface area contributed by atoms with E-state index in [0.29, 0.717) is 33.7 Å². The lowest BCUT2D eigenvalue weighted by molar-refractivity contribution is -0.118. The van der Waals surface area contributed by atoms with E-state index in [2.05, 4.69) is 6.92 Å². The molecule has 1 aliphatic heterocycles. The number of halogens is 1. The van der Waals surface area contributed by atoms with E-state index >= 15 is 0 Å². The Morgan fingerprint density at radius 3 is 2.29 bits per heavy atom. The van der Waals surface area contributed by atoms with Crippen molar-refractivity contribution < 1.29 is 23.7 Å². The van der Waals surface area contributed by atoms with Gasteiger partial charge in [0.15, 0.2) is 11.5 Å². The summed E-state index contributed by atoms with van der Waals surface area (Å²) in [7, 11) is 4.79. The first kappa shape index (κ1) is 24.7. The van der Waals surface area contributed by atoms with Crippen molar-refractivity contribution in [2.45, 2.75) is 38.8 Å². The Morgan fingerprint density at radius 1 is 0.943 bits per heavy atom. The van der Waals surface area contributed by atoms with Crippen LogP contribution in [0, 0.1) is 0 Å². The van der Waals surface area contributed by atoms with Crippen LogP contribution in [0.5, 0.6) is 23.0 Å². The van der Waals surface area contributed by atoms with E-state index < -0.39 is 6.04 Å². The van der Waals surface area contributed by atoms with Crippen LogP contribution in [0.25, 0.3) is 0 Å². The van der Waals surface area contributed by atoms with Crippen LogP contribution in [0.1, 0.15) is 43.0 Å². The molecule has 0 spiro atoms. The van der Waals surface area contributed by atoms with Crippen molar-refractivity contribution in [2.24, 2.45) is 0 Å². The molecule has 6 nitrogen and oxygen atoms in total. The number of benzene rings is 3. The van der Waals surface area contributed by atoms with Crippen molar-refractivity contribution >= 4 is 23.2 Å². The molecule has 4 rings (SSSR count). The highest BCUT2D eigenvalue weighted by Crippen LogP contribution is 2.46. The zero-order valence-electron chi connectivity index (χ0n) is 20.6. The summed E-state index contributed by atoms with van der Waals surface area (Å²) in [4.78, 5) is 15.5. The summed E-state index contributed by atoms with van der Waals surface area (Å²) < 4.78 is 22.9. The summed E-state index contributed by atoms with van der Waals surface area (Å²) in [6, 6.07) is 16.5. The molecule has 1 amide bonds. The molecule has 1 aliphatic rings. The number of hydrogen-bond acceptors (Lipinski definition) is 5. The van der Waals surface area contributed by atoms with Gasteiger partial charge in [-0.1, -0.05) is 30.7 Å². The van der Waals surface area contributed by atoms with Gasteiger partial charge in [0.05, 0.1) is 45.6 Å². The summed E-state index contributed by atoms with van der Waals surface area (Å²) in [6.07, 6.45) is 1.09. The zero-order chi connectivity index (χ0) is 25.1. The first-order valence-electron chi connectivity index (χ1n) is 11.6. The minimum absolute atomic E-state index is 0.0129. The van der Waals surface area contributed by atoms with Crippen molar-refractivity contribution in [3.63, 3.8) is 0 Å². The number of rotatable bonds is 8. The van der Waals surface area contributed by atoms with E-state index in [1.807, 2.05) is 55.5 Å². The molecule has 0 aromatic heterocycles. The number of nitrogens with zero attached hydrogens (tertiary/aromatic N) is 1. The van der Waals surface area contributed by atoms with Gasteiger partial charge in [0.2, 0.25) is 5.91 Å². The van der Waals surface area contributed by atoms with Gasteiger partial charge in [-0.05, 0) is 66.4 Å². The van der Waals surface area contributed by atoms with Gasteiger partial charge < -0.3 is 18.9 Å². The molecule has 35 heavy (non-hydrogen) atoms. The Labute approximate surface area is 211 Å². The maximum absolute atomic E-state index is 13.7. The first-order chi connectivity index (χ1) is 16.9. The molecule has 7 heteroatoms. The highest BCUT2D eigenvalue weighted by molar-refractivity contribution is 6.30. The molecular formula is C28H30ClNO5. The highest BCUT2D eigenvalue weighted by Gasteiger charge is 2.37. The second-order valence-electron chi connectivity index (χ2n) is 8.47. The van der Waals surface area contributed by atoms with Crippen molar-refractivity contribution in [3.05, 3.63) is 76.3 Å². The number of amides is 1. The maximum Gasteiger partial charge on any atom is 0.232 e. The van der Waals surface area contributed by atoms with Crippen LogP contribution in [-0.4, -0.2) is 33.3 Å². The average molecular weight is 496 g/mol. The number of fused-ring (bicyclic) bond motifs is 1. The lowest BCUT2D eigenvalue weighted by Gasteiger charge is -2.38. The molecule has 0 saturated carbocycles. The molecule has 0 bridgehead atoms. The molecule has 3 aromatic carbocycles. The van der Waals surface area contributed by atoms with Crippen LogP contribution in [-0.2, 0) is 11.2 Å². The Hall–Kier alpha value is -3.38. The predicted molar refractivity (Wildman–Crippen MR) is 137 cm³/mol. The second kappa shape index (κ2) is 10.5. The van der Waals surface area contributed by atoms with Gasteiger partial charge >= 0.3 is 0 Å². The highest BCUT2D eigenvalue weighted by atomic mass is 35.5. The molecule has 3 aromatic rings. The van der Waals surface area contributed by atoms with Gasteiger partial charge in [0.25, 0.3) is 0 Å². The summed E-state index contributed by atoms with van der Waals surface area (Å²) in [5.41, 5.74) is 3.43. The SMILES string of the molecule is CC[C@@H](C)Oc1cc2c(cc1OC)CC(=O)N(c1ccc(OC)cc1OC)C2c1ccc(Cl)cc1. The molecule has 1 heterocycles. The fourth-order valence-electron chi connectivity index (χ4n) is 4.34. The van der Waals surface area contributed by atoms with Gasteiger partial charge in [0, 0.05) is 11.1 Å². The molecule has 2 atom stereocenters. The quantitative estimate of drug-likeness (QED) is 0.371. The van der Waals surface area contributed by atoms with Gasteiger partial charge in [-0.3, -0.25) is 9.69 Å². The molecule has 184 valence electrons. The molecule has 1 unspecified atom stereocenters. The van der Waals surface area contributed by atoms with Gasteiger partial charge in [-0.25, -0.2) is 0 Å². The van der Waals surface area contributed by atoms with Gasteiger partial charge in [0.1, 0.15) is 11.5 Å². The third-order valence-electron chi connectivity index (χ3n) is 6.32. The Morgan fingerprint density at radius 2 is 1.66 bits per heavy atom. The van der Waals surface area contributed by atoms with Gasteiger partial charge in [-0.2, -0.15) is 0 Å². The lowest BCUT2D eigenvalue weighted by atomic mass is 9.86. The summed E-state index contributed by atoms with van der Waals surface area (Å²) >= 11 is 6.20. The van der Waals surface area contributed by atoms with Gasteiger partial charge in [-0.15, -0.1) is 0 Å². The maximum atomic E-state index is 13.7. The molecular weight excluding hydrogens is 466 g/mol. The number of anilines is 1. The topological polar surface area (TPSA) is 57.2 Å². The smallest absolute Gasteiger partial charge is 0.232 e. The van der Waals surface area contributed by atoms with Crippen LogP contribution in [0.2, 0.25) is 5.02 Å². The first-order valence-corrected chi connectivity index (χ1v) is 11.9. The predicted octanol–water partition coefficient (Wildman–Crippen LogP) is 6.22. The second-order valence-corrected chi connectivity index (χ2v) is 8.91. The van der Waals surface area contributed by atoms with E-state index in [9.17, 15) is 4.79 Å². The number of methoxy groups -OCH3 is 3. The van der Waals surface area contributed by atoms with Crippen molar-refractivity contribution in [2.75, 3.05) is 26.2 Å².